The van der Waals surface area contributed by atoms with Crippen LogP contribution in [0.25, 0.3) is 0 Å². The van der Waals surface area contributed by atoms with Crippen LogP contribution >= 0.6 is 15.9 Å². The van der Waals surface area contributed by atoms with Crippen LogP contribution in [0.15, 0.2) is 22.7 Å². The second-order valence-electron chi connectivity index (χ2n) is 3.36. The maximum absolute atomic E-state index is 11.6. The van der Waals surface area contributed by atoms with Gasteiger partial charge in [-0.25, -0.2) is 8.42 Å². The van der Waals surface area contributed by atoms with Crippen molar-refractivity contribution in [3.8, 4) is 0 Å². The molecule has 1 rings (SSSR count). The van der Waals surface area contributed by atoms with Crippen molar-refractivity contribution >= 4 is 31.6 Å². The molecule has 0 fully saturated rings. The van der Waals surface area contributed by atoms with Crippen LogP contribution < -0.4 is 10.5 Å². The Morgan fingerprint density at radius 2 is 2.12 bits per heavy atom. The lowest BCUT2D eigenvalue weighted by Crippen LogP contribution is -2.22. The van der Waals surface area contributed by atoms with Crippen molar-refractivity contribution in [1.29, 1.82) is 0 Å². The first kappa shape index (κ1) is 13.5. The van der Waals surface area contributed by atoms with Gasteiger partial charge in [0.15, 0.2) is 0 Å². The molecule has 1 aromatic carbocycles. The summed E-state index contributed by atoms with van der Waals surface area (Å²) in [6.45, 7) is 2.09. The molecule has 0 spiro atoms. The number of nitrogens with two attached hydrogens (primary N) is 1. The van der Waals surface area contributed by atoms with Crippen molar-refractivity contribution in [1.82, 2.24) is 0 Å². The van der Waals surface area contributed by atoms with Gasteiger partial charge < -0.3 is 5.73 Å². The molecule has 0 aliphatic carbocycles. The molecule has 0 radical (unpaired) electrons. The van der Waals surface area contributed by atoms with Gasteiger partial charge in [-0.3, -0.25) is 4.72 Å². The number of halogens is 1. The van der Waals surface area contributed by atoms with Crippen molar-refractivity contribution < 1.29 is 8.42 Å². The van der Waals surface area contributed by atoms with Crippen LogP contribution in [0.2, 0.25) is 0 Å². The Kier molecular flexibility index (Phi) is 4.76. The van der Waals surface area contributed by atoms with Crippen molar-refractivity contribution in [2.45, 2.75) is 13.3 Å². The fourth-order valence-corrected chi connectivity index (χ4v) is 2.68. The number of sulfonamides is 1. The van der Waals surface area contributed by atoms with E-state index < -0.39 is 10.0 Å². The maximum atomic E-state index is 11.6. The topological polar surface area (TPSA) is 72.2 Å². The second kappa shape index (κ2) is 5.65. The quantitative estimate of drug-likeness (QED) is 0.870. The molecule has 0 saturated carbocycles. The molecule has 0 amide bonds. The zero-order chi connectivity index (χ0) is 12.2. The summed E-state index contributed by atoms with van der Waals surface area (Å²) in [7, 11) is -3.32. The summed E-state index contributed by atoms with van der Waals surface area (Å²) in [6.07, 6.45) is 0.764. The lowest BCUT2D eigenvalue weighted by molar-refractivity contribution is 0.601. The van der Waals surface area contributed by atoms with Gasteiger partial charge in [-0.15, -0.1) is 0 Å². The average molecular weight is 307 g/mol. The number of hydrogen-bond donors (Lipinski definition) is 2. The minimum Gasteiger partial charge on any atom is -0.329 e. The molecule has 90 valence electrons. The monoisotopic (exact) mass is 306 g/mol. The molecule has 1 aromatic rings. The van der Waals surface area contributed by atoms with E-state index in [0.717, 1.165) is 16.5 Å². The zero-order valence-electron chi connectivity index (χ0n) is 9.03. The number of nitrogens with one attached hydrogen (secondary N) is 1. The molecule has 4 nitrogen and oxygen atoms in total. The first-order chi connectivity index (χ1) is 7.48. The fraction of sp³-hybridized carbons (Fsp3) is 0.400. The highest BCUT2D eigenvalue weighted by Gasteiger charge is 2.11. The van der Waals surface area contributed by atoms with Gasteiger partial charge in [-0.2, -0.15) is 0 Å². The lowest BCUT2D eigenvalue weighted by Gasteiger charge is -2.11. The van der Waals surface area contributed by atoms with Gasteiger partial charge in [0.25, 0.3) is 0 Å². The number of rotatable bonds is 5. The van der Waals surface area contributed by atoms with Crippen LogP contribution in [-0.2, 0) is 16.4 Å². The minimum absolute atomic E-state index is 0.0633. The van der Waals surface area contributed by atoms with E-state index in [2.05, 4.69) is 20.7 Å². The van der Waals surface area contributed by atoms with E-state index >= 15 is 0 Å². The molecule has 0 bridgehead atoms. The van der Waals surface area contributed by atoms with Crippen LogP contribution in [0.4, 0.5) is 5.69 Å². The summed E-state index contributed by atoms with van der Waals surface area (Å²) in [6, 6.07) is 5.46. The Bertz CT molecular complexity index is 460. The molecule has 0 saturated heterocycles. The molecule has 3 N–H and O–H groups in total. The summed E-state index contributed by atoms with van der Waals surface area (Å²) in [5.74, 6) is -0.0633. The van der Waals surface area contributed by atoms with Gasteiger partial charge in [0, 0.05) is 11.0 Å². The molecular weight excluding hydrogens is 292 g/mol. The molecule has 0 atom stereocenters. The molecule has 0 heterocycles. The highest BCUT2D eigenvalue weighted by molar-refractivity contribution is 9.10. The van der Waals surface area contributed by atoms with Gasteiger partial charge in [-0.05, 0) is 30.2 Å². The SMILES string of the molecule is CCc1cc(Br)ccc1NS(=O)(=O)CCN. The number of aryl methyl sites for hydroxylation is 1. The standard InChI is InChI=1S/C10H15BrN2O2S/c1-2-8-7-9(11)3-4-10(8)13-16(14,15)6-5-12/h3-4,7,13H,2,5-6,12H2,1H3. The Morgan fingerprint density at radius 1 is 1.44 bits per heavy atom. The summed E-state index contributed by atoms with van der Waals surface area (Å²) in [4.78, 5) is 0. The third-order valence-electron chi connectivity index (χ3n) is 2.10. The first-order valence-corrected chi connectivity index (χ1v) is 7.42. The molecule has 0 unspecified atom stereocenters. The van der Waals surface area contributed by atoms with Crippen LogP contribution in [0, 0.1) is 0 Å². The Balaban J connectivity index is 2.97. The second-order valence-corrected chi connectivity index (χ2v) is 6.12. The van der Waals surface area contributed by atoms with E-state index in [-0.39, 0.29) is 12.3 Å². The normalized spacial score (nSPS) is 11.4. The van der Waals surface area contributed by atoms with Crippen LogP contribution in [0.3, 0.4) is 0 Å². The Morgan fingerprint density at radius 3 is 2.69 bits per heavy atom. The zero-order valence-corrected chi connectivity index (χ0v) is 11.4. The Hall–Kier alpha value is -0.590. The summed E-state index contributed by atoms with van der Waals surface area (Å²) < 4.78 is 26.6. The third-order valence-corrected chi connectivity index (χ3v) is 3.90. The van der Waals surface area contributed by atoms with Crippen molar-refractivity contribution in [3.63, 3.8) is 0 Å². The van der Waals surface area contributed by atoms with Crippen LogP contribution in [-0.4, -0.2) is 20.7 Å². The lowest BCUT2D eigenvalue weighted by atomic mass is 10.1. The average Bonchev–Trinajstić information content (AvgIpc) is 2.20. The largest absolute Gasteiger partial charge is 0.329 e. The van der Waals surface area contributed by atoms with E-state index in [0.29, 0.717) is 5.69 Å². The van der Waals surface area contributed by atoms with Gasteiger partial charge in [0.05, 0.1) is 11.4 Å². The molecule has 0 aromatic heterocycles. The predicted octanol–water partition coefficient (Wildman–Crippen LogP) is 1.71. The number of hydrogen-bond acceptors (Lipinski definition) is 3. The van der Waals surface area contributed by atoms with Crippen molar-refractivity contribution in [2.75, 3.05) is 17.0 Å². The van der Waals surface area contributed by atoms with E-state index in [1.54, 1.807) is 12.1 Å². The molecule has 0 aliphatic rings. The third kappa shape index (κ3) is 3.77. The summed E-state index contributed by atoms with van der Waals surface area (Å²) in [5.41, 5.74) is 6.81. The maximum Gasteiger partial charge on any atom is 0.233 e. The van der Waals surface area contributed by atoms with E-state index in [1.807, 2.05) is 13.0 Å². The van der Waals surface area contributed by atoms with E-state index in [4.69, 9.17) is 5.73 Å². The van der Waals surface area contributed by atoms with Crippen LogP contribution in [0.1, 0.15) is 12.5 Å². The molecule has 6 heteroatoms. The summed E-state index contributed by atoms with van der Waals surface area (Å²) in [5, 5.41) is 0. The van der Waals surface area contributed by atoms with E-state index in [9.17, 15) is 8.42 Å². The highest BCUT2D eigenvalue weighted by atomic mass is 79.9. The number of benzene rings is 1. The highest BCUT2D eigenvalue weighted by Crippen LogP contribution is 2.22. The fourth-order valence-electron chi connectivity index (χ4n) is 1.33. The van der Waals surface area contributed by atoms with Gasteiger partial charge >= 0.3 is 0 Å². The van der Waals surface area contributed by atoms with Gasteiger partial charge in [0.1, 0.15) is 0 Å². The Labute approximate surface area is 104 Å². The molecule has 16 heavy (non-hydrogen) atoms. The van der Waals surface area contributed by atoms with Gasteiger partial charge in [0.2, 0.25) is 10.0 Å². The first-order valence-electron chi connectivity index (χ1n) is 4.97. The van der Waals surface area contributed by atoms with Crippen molar-refractivity contribution in [3.05, 3.63) is 28.2 Å². The molecule has 0 aliphatic heterocycles. The minimum atomic E-state index is -3.32. The predicted molar refractivity (Wildman–Crippen MR) is 70.0 cm³/mol. The van der Waals surface area contributed by atoms with Crippen LogP contribution in [0.5, 0.6) is 0 Å². The summed E-state index contributed by atoms with van der Waals surface area (Å²) >= 11 is 3.35. The number of anilines is 1. The van der Waals surface area contributed by atoms with E-state index in [1.165, 1.54) is 0 Å². The van der Waals surface area contributed by atoms with Gasteiger partial charge in [-0.1, -0.05) is 22.9 Å². The smallest absolute Gasteiger partial charge is 0.233 e. The molecular formula is C10H15BrN2O2S. The van der Waals surface area contributed by atoms with Crippen molar-refractivity contribution in [2.24, 2.45) is 5.73 Å².